The van der Waals surface area contributed by atoms with Crippen LogP contribution >= 0.6 is 0 Å². The highest BCUT2D eigenvalue weighted by Gasteiger charge is 2.34. The lowest BCUT2D eigenvalue weighted by molar-refractivity contribution is -0.140. The van der Waals surface area contributed by atoms with Crippen LogP contribution in [0.3, 0.4) is 0 Å². The van der Waals surface area contributed by atoms with E-state index in [9.17, 15) is 18.0 Å². The molecule has 0 bridgehead atoms. The molecule has 8 heteroatoms. The minimum Gasteiger partial charge on any atom is -0.352 e. The van der Waals surface area contributed by atoms with Crippen molar-refractivity contribution in [3.63, 3.8) is 0 Å². The number of aryl methyl sites for hydroxylation is 2. The van der Waals surface area contributed by atoms with Gasteiger partial charge < -0.3 is 10.2 Å². The highest BCUT2D eigenvalue weighted by atomic mass is 32.2. The van der Waals surface area contributed by atoms with Crippen molar-refractivity contribution in [3.8, 4) is 0 Å². The maximum atomic E-state index is 14.1. The molecule has 1 aliphatic rings. The van der Waals surface area contributed by atoms with Gasteiger partial charge in [-0.1, -0.05) is 90.7 Å². The molecule has 2 amide bonds. The van der Waals surface area contributed by atoms with E-state index in [2.05, 4.69) is 5.32 Å². The molecule has 1 N–H and O–H groups in total. The summed E-state index contributed by atoms with van der Waals surface area (Å²) in [6.07, 6.45) is 5.40. The number of nitrogens with one attached hydrogen (secondary N) is 1. The van der Waals surface area contributed by atoms with Gasteiger partial charge in [-0.2, -0.15) is 0 Å². The molecule has 3 aromatic carbocycles. The van der Waals surface area contributed by atoms with Crippen molar-refractivity contribution in [3.05, 3.63) is 101 Å². The molecule has 1 fully saturated rings. The Balaban J connectivity index is 1.72. The minimum absolute atomic E-state index is 0.0850. The van der Waals surface area contributed by atoms with Gasteiger partial charge in [0, 0.05) is 19.0 Å². The SMILES string of the molecule is Cc1ccc(N(CC(=O)N(Cc2cccc(C)c2)[C@H](Cc2ccccc2)C(=O)NC2CCCC2)S(C)(=O)=O)cc1. The number of carbonyl (C=O) groups excluding carboxylic acids is 2. The van der Waals surface area contributed by atoms with Crippen molar-refractivity contribution in [2.45, 2.75) is 64.6 Å². The van der Waals surface area contributed by atoms with E-state index in [0.29, 0.717) is 12.1 Å². The molecule has 0 aliphatic heterocycles. The van der Waals surface area contributed by atoms with Gasteiger partial charge in [0.25, 0.3) is 0 Å². The summed E-state index contributed by atoms with van der Waals surface area (Å²) in [7, 11) is -3.78. The number of amides is 2. The third kappa shape index (κ3) is 7.94. The normalized spacial score (nSPS) is 14.5. The van der Waals surface area contributed by atoms with Crippen LogP contribution < -0.4 is 9.62 Å². The fourth-order valence-electron chi connectivity index (χ4n) is 5.25. The average Bonchev–Trinajstić information content (AvgIpc) is 3.43. The number of hydrogen-bond donors (Lipinski definition) is 1. The van der Waals surface area contributed by atoms with Crippen LogP contribution in [0.1, 0.15) is 47.9 Å². The third-order valence-corrected chi connectivity index (χ3v) is 8.55. The zero-order chi connectivity index (χ0) is 28.7. The Hall–Kier alpha value is -3.65. The summed E-state index contributed by atoms with van der Waals surface area (Å²) in [6.45, 7) is 3.67. The topological polar surface area (TPSA) is 86.8 Å². The van der Waals surface area contributed by atoms with E-state index < -0.39 is 28.5 Å². The van der Waals surface area contributed by atoms with E-state index in [1.807, 2.05) is 80.6 Å². The van der Waals surface area contributed by atoms with Gasteiger partial charge in [0.05, 0.1) is 11.9 Å². The van der Waals surface area contributed by atoms with Gasteiger partial charge in [-0.25, -0.2) is 8.42 Å². The first kappa shape index (κ1) is 29.3. The molecule has 0 aromatic heterocycles. The summed E-state index contributed by atoms with van der Waals surface area (Å²) in [5, 5.41) is 3.19. The number of nitrogens with zero attached hydrogens (tertiary/aromatic N) is 2. The van der Waals surface area contributed by atoms with Crippen LogP contribution in [0.5, 0.6) is 0 Å². The molecular weight excluding hydrogens is 522 g/mol. The zero-order valence-electron chi connectivity index (χ0n) is 23.5. The standard InChI is InChI=1S/C32H39N3O4S/c1-24-16-18-29(19-17-24)35(40(3,38)39)23-31(36)34(22-27-13-9-10-25(2)20-27)30(21-26-11-5-4-6-12-26)32(37)33-28-14-7-8-15-28/h4-6,9-13,16-20,28,30H,7-8,14-15,21-23H2,1-3H3,(H,33,37)/t30-/m1/s1. The molecule has 7 nitrogen and oxygen atoms in total. The first-order chi connectivity index (χ1) is 19.1. The molecule has 40 heavy (non-hydrogen) atoms. The summed E-state index contributed by atoms with van der Waals surface area (Å²) < 4.78 is 26.9. The molecule has 0 heterocycles. The largest absolute Gasteiger partial charge is 0.352 e. The van der Waals surface area contributed by atoms with Crippen LogP contribution in [0, 0.1) is 13.8 Å². The fraction of sp³-hybridized carbons (Fsp3) is 0.375. The molecule has 4 rings (SSSR count). The lowest BCUT2D eigenvalue weighted by atomic mass is 10.0. The first-order valence-electron chi connectivity index (χ1n) is 13.8. The lowest BCUT2D eigenvalue weighted by Gasteiger charge is -2.34. The Morgan fingerprint density at radius 1 is 0.875 bits per heavy atom. The van der Waals surface area contributed by atoms with Gasteiger partial charge in [0.15, 0.2) is 0 Å². The summed E-state index contributed by atoms with van der Waals surface area (Å²) in [5.74, 6) is -0.645. The molecule has 3 aromatic rings. The number of hydrogen-bond acceptors (Lipinski definition) is 4. The van der Waals surface area contributed by atoms with E-state index in [4.69, 9.17) is 0 Å². The molecule has 0 spiro atoms. The summed E-state index contributed by atoms with van der Waals surface area (Å²) in [5.41, 5.74) is 4.23. The van der Waals surface area contributed by atoms with Crippen molar-refractivity contribution in [1.82, 2.24) is 10.2 Å². The zero-order valence-corrected chi connectivity index (χ0v) is 24.4. The Bertz CT molecular complexity index is 1400. The molecule has 212 valence electrons. The number of benzene rings is 3. The number of sulfonamides is 1. The first-order valence-corrected chi connectivity index (χ1v) is 15.7. The molecular formula is C32H39N3O4S. The van der Waals surface area contributed by atoms with Gasteiger partial charge in [0.2, 0.25) is 21.8 Å². The number of carbonyl (C=O) groups is 2. The second-order valence-corrected chi connectivity index (χ2v) is 12.7. The Kier molecular flexibility index (Phi) is 9.63. The van der Waals surface area contributed by atoms with Gasteiger partial charge in [-0.15, -0.1) is 0 Å². The van der Waals surface area contributed by atoms with Gasteiger partial charge in [-0.05, 0) is 49.9 Å². The summed E-state index contributed by atoms with van der Waals surface area (Å²) >= 11 is 0. The lowest BCUT2D eigenvalue weighted by Crippen LogP contribution is -2.54. The Morgan fingerprint density at radius 3 is 2.15 bits per heavy atom. The highest BCUT2D eigenvalue weighted by molar-refractivity contribution is 7.92. The Morgan fingerprint density at radius 2 is 1.52 bits per heavy atom. The minimum atomic E-state index is -3.78. The molecule has 1 atom stereocenters. The van der Waals surface area contributed by atoms with Crippen molar-refractivity contribution in [2.75, 3.05) is 17.1 Å². The summed E-state index contributed by atoms with van der Waals surface area (Å²) in [4.78, 5) is 29.6. The van der Waals surface area contributed by atoms with Gasteiger partial charge in [0.1, 0.15) is 12.6 Å². The van der Waals surface area contributed by atoms with Crippen LogP contribution in [-0.2, 0) is 32.6 Å². The smallest absolute Gasteiger partial charge is 0.244 e. The maximum absolute atomic E-state index is 14.1. The van der Waals surface area contributed by atoms with Crippen molar-refractivity contribution in [1.29, 1.82) is 0 Å². The molecule has 0 radical (unpaired) electrons. The average molecular weight is 562 g/mol. The van der Waals surface area contributed by atoms with Crippen molar-refractivity contribution < 1.29 is 18.0 Å². The number of anilines is 1. The fourth-order valence-corrected chi connectivity index (χ4v) is 6.10. The van der Waals surface area contributed by atoms with Crippen molar-refractivity contribution >= 4 is 27.5 Å². The second-order valence-electron chi connectivity index (χ2n) is 10.8. The maximum Gasteiger partial charge on any atom is 0.244 e. The van der Waals surface area contributed by atoms with Gasteiger partial charge in [-0.3, -0.25) is 13.9 Å². The summed E-state index contributed by atoms with van der Waals surface area (Å²) in [6, 6.07) is 23.7. The number of rotatable bonds is 11. The Labute approximate surface area is 238 Å². The highest BCUT2D eigenvalue weighted by Crippen LogP contribution is 2.22. The van der Waals surface area contributed by atoms with E-state index in [1.54, 1.807) is 17.0 Å². The molecule has 0 unspecified atom stereocenters. The predicted molar refractivity (Wildman–Crippen MR) is 159 cm³/mol. The van der Waals surface area contributed by atoms with E-state index in [1.165, 1.54) is 0 Å². The van der Waals surface area contributed by atoms with Crippen LogP contribution in [0.15, 0.2) is 78.9 Å². The van der Waals surface area contributed by atoms with E-state index in [0.717, 1.165) is 58.5 Å². The quantitative estimate of drug-likeness (QED) is 0.366. The van der Waals surface area contributed by atoms with E-state index >= 15 is 0 Å². The van der Waals surface area contributed by atoms with Crippen LogP contribution in [0.25, 0.3) is 0 Å². The molecule has 1 saturated carbocycles. The predicted octanol–water partition coefficient (Wildman–Crippen LogP) is 4.77. The van der Waals surface area contributed by atoms with Gasteiger partial charge >= 0.3 is 0 Å². The van der Waals surface area contributed by atoms with Crippen molar-refractivity contribution in [2.24, 2.45) is 0 Å². The van der Waals surface area contributed by atoms with Crippen LogP contribution in [0.4, 0.5) is 5.69 Å². The van der Waals surface area contributed by atoms with E-state index in [-0.39, 0.29) is 18.5 Å². The second kappa shape index (κ2) is 13.1. The third-order valence-electron chi connectivity index (χ3n) is 7.41. The molecule has 0 saturated heterocycles. The van der Waals surface area contributed by atoms with Crippen LogP contribution in [0.2, 0.25) is 0 Å². The monoisotopic (exact) mass is 561 g/mol. The molecule has 1 aliphatic carbocycles. The van der Waals surface area contributed by atoms with Crippen LogP contribution in [-0.4, -0.2) is 50.0 Å².